The van der Waals surface area contributed by atoms with Crippen molar-refractivity contribution in [1.82, 2.24) is 9.97 Å². The van der Waals surface area contributed by atoms with E-state index in [0.29, 0.717) is 27.8 Å². The van der Waals surface area contributed by atoms with Crippen LogP contribution >= 0.6 is 0 Å². The van der Waals surface area contributed by atoms with Crippen LogP contribution < -0.4 is 15.3 Å². The molecule has 0 radical (unpaired) electrons. The molecular weight excluding hydrogens is 382 g/mol. The van der Waals surface area contributed by atoms with Crippen molar-refractivity contribution in [2.45, 2.75) is 0 Å². The fourth-order valence-corrected chi connectivity index (χ4v) is 2.71. The van der Waals surface area contributed by atoms with Crippen LogP contribution in [-0.4, -0.2) is 40.8 Å². The quantitative estimate of drug-likeness (QED) is 0.572. The molecule has 8 nitrogen and oxygen atoms in total. The Hall–Kier alpha value is -4.33. The minimum Gasteiger partial charge on any atom is -0.484 e. The molecule has 0 saturated carbocycles. The minimum absolute atomic E-state index is 0.250. The molecule has 0 aliphatic carbocycles. The summed E-state index contributed by atoms with van der Waals surface area (Å²) in [6.45, 7) is -0.250. The summed E-state index contributed by atoms with van der Waals surface area (Å²) in [5.74, 6) is -0.0541. The number of hydrogen-bond acceptors (Lipinski definition) is 6. The molecule has 30 heavy (non-hydrogen) atoms. The van der Waals surface area contributed by atoms with Crippen molar-refractivity contribution in [2.75, 3.05) is 6.61 Å². The number of carbonyl (C=O) groups is 2. The number of benzene rings is 2. The normalized spacial score (nSPS) is 16.6. The number of allylic oxidation sites excluding steroid dienone is 1. The maximum Gasteiger partial charge on any atom is 0.283 e. The number of nitrogens with zero attached hydrogens (tertiary/aromatic N) is 5. The van der Waals surface area contributed by atoms with Gasteiger partial charge in [-0.3, -0.25) is 9.59 Å². The van der Waals surface area contributed by atoms with Crippen LogP contribution in [-0.2, 0) is 9.59 Å². The molecule has 0 fully saturated rings. The van der Waals surface area contributed by atoms with Crippen LogP contribution in [0.4, 0.5) is 5.82 Å². The largest absolute Gasteiger partial charge is 0.484 e. The van der Waals surface area contributed by atoms with Crippen molar-refractivity contribution in [3.8, 4) is 5.75 Å². The molecule has 0 N–H and O–H groups in total. The lowest BCUT2D eigenvalue weighted by molar-refractivity contribution is -0.119. The van der Waals surface area contributed by atoms with E-state index in [1.54, 1.807) is 24.3 Å². The van der Waals surface area contributed by atoms with Gasteiger partial charge in [0, 0.05) is 29.1 Å². The first-order valence-corrected chi connectivity index (χ1v) is 9.02. The molecule has 1 aliphatic heterocycles. The lowest BCUT2D eigenvalue weighted by Gasteiger charge is -2.06. The Morgan fingerprint density at radius 2 is 1.83 bits per heavy atom. The van der Waals surface area contributed by atoms with E-state index in [2.05, 4.69) is 24.9 Å². The second-order valence-electron chi connectivity index (χ2n) is 6.15. The Bertz CT molecular complexity index is 1340. The Balaban J connectivity index is 1.90. The summed E-state index contributed by atoms with van der Waals surface area (Å²) in [6, 6.07) is 12.6. The summed E-state index contributed by atoms with van der Waals surface area (Å²) in [5, 5.41) is 2.10. The summed E-state index contributed by atoms with van der Waals surface area (Å²) >= 11 is 0. The molecule has 146 valence electrons. The Morgan fingerprint density at radius 1 is 0.933 bits per heavy atom. The Morgan fingerprint density at radius 3 is 2.77 bits per heavy atom. The standard InChI is InChI=1S/C22H15N5O3/c28-20-6-3-10-23-21(29)13-30-16-7-8-19-17(12-16)22(26-14-25-19)27-18-5-2-1-4-15(18)9-11-24-20/h1-12,14H,13H2/b6-3-,15-9+,23-10?,24-11?,27-18?. The van der Waals surface area contributed by atoms with Crippen molar-refractivity contribution < 1.29 is 14.3 Å². The SMILES string of the molecule is O=C1/C=C\C=NC(=O)COc2ccc3ncnc(c3c2)N=c2cccc/c2=C\C=N1. The van der Waals surface area contributed by atoms with E-state index in [4.69, 9.17) is 4.74 Å². The maximum absolute atomic E-state index is 11.8. The lowest BCUT2D eigenvalue weighted by atomic mass is 10.2. The van der Waals surface area contributed by atoms with E-state index in [1.807, 2.05) is 24.3 Å². The summed E-state index contributed by atoms with van der Waals surface area (Å²) < 4.78 is 5.53. The zero-order valence-corrected chi connectivity index (χ0v) is 15.7. The third kappa shape index (κ3) is 4.56. The van der Waals surface area contributed by atoms with E-state index >= 15 is 0 Å². The van der Waals surface area contributed by atoms with Gasteiger partial charge < -0.3 is 4.74 Å². The number of aliphatic imine (C=N–C) groups is 2. The van der Waals surface area contributed by atoms with Crippen LogP contribution in [0.15, 0.2) is 75.9 Å². The van der Waals surface area contributed by atoms with Crippen LogP contribution in [0.3, 0.4) is 0 Å². The first kappa shape index (κ1) is 19.0. The Labute approximate surface area is 170 Å². The Kier molecular flexibility index (Phi) is 5.56. The van der Waals surface area contributed by atoms with Crippen LogP contribution in [0.5, 0.6) is 5.75 Å². The van der Waals surface area contributed by atoms with Crippen molar-refractivity contribution >= 4 is 47.0 Å². The van der Waals surface area contributed by atoms with E-state index in [9.17, 15) is 9.59 Å². The number of aromatic nitrogens is 2. The number of rotatable bonds is 0. The van der Waals surface area contributed by atoms with Gasteiger partial charge in [-0.1, -0.05) is 18.2 Å². The van der Waals surface area contributed by atoms with Gasteiger partial charge >= 0.3 is 0 Å². The second kappa shape index (κ2) is 8.78. The highest BCUT2D eigenvalue weighted by Crippen LogP contribution is 2.25. The van der Waals surface area contributed by atoms with Gasteiger partial charge in [-0.05, 0) is 36.4 Å². The van der Waals surface area contributed by atoms with E-state index in [-0.39, 0.29) is 6.61 Å². The highest BCUT2D eigenvalue weighted by atomic mass is 16.5. The predicted molar refractivity (Wildman–Crippen MR) is 113 cm³/mol. The van der Waals surface area contributed by atoms with Gasteiger partial charge in [-0.15, -0.1) is 0 Å². The lowest BCUT2D eigenvalue weighted by Crippen LogP contribution is -2.24. The molecule has 8 heteroatoms. The van der Waals surface area contributed by atoms with Crippen molar-refractivity contribution in [1.29, 1.82) is 0 Å². The van der Waals surface area contributed by atoms with E-state index < -0.39 is 11.8 Å². The van der Waals surface area contributed by atoms with Crippen molar-refractivity contribution in [3.05, 3.63) is 71.5 Å². The van der Waals surface area contributed by atoms with E-state index in [0.717, 1.165) is 5.22 Å². The predicted octanol–water partition coefficient (Wildman–Crippen LogP) is 1.50. The van der Waals surface area contributed by atoms with Crippen LogP contribution in [0, 0.1) is 0 Å². The highest BCUT2D eigenvalue weighted by molar-refractivity contribution is 6.03. The van der Waals surface area contributed by atoms with Gasteiger partial charge in [-0.25, -0.2) is 24.9 Å². The molecule has 3 aromatic rings. The zero-order valence-electron chi connectivity index (χ0n) is 15.7. The number of ether oxygens (including phenoxy) is 1. The molecule has 2 amide bonds. The number of hydrogen-bond donors (Lipinski definition) is 0. The molecule has 2 heterocycles. The van der Waals surface area contributed by atoms with Crippen LogP contribution in [0.25, 0.3) is 17.0 Å². The molecule has 2 bridgehead atoms. The minimum atomic E-state index is -0.492. The molecular formula is C22H15N5O3. The fourth-order valence-electron chi connectivity index (χ4n) is 2.71. The molecule has 4 rings (SSSR count). The van der Waals surface area contributed by atoms with Gasteiger partial charge in [0.1, 0.15) is 12.1 Å². The van der Waals surface area contributed by atoms with Gasteiger partial charge in [0.05, 0.1) is 10.9 Å². The highest BCUT2D eigenvalue weighted by Gasteiger charge is 2.06. The van der Waals surface area contributed by atoms with Crippen LogP contribution in [0.1, 0.15) is 0 Å². The number of fused-ring (bicyclic) bond motifs is 2. The fraction of sp³-hybridized carbons (Fsp3) is 0.0455. The topological polar surface area (TPSA) is 106 Å². The van der Waals surface area contributed by atoms with Crippen molar-refractivity contribution in [2.24, 2.45) is 15.0 Å². The molecule has 1 aliphatic rings. The number of para-hydroxylation sites is 1. The van der Waals surface area contributed by atoms with Crippen molar-refractivity contribution in [3.63, 3.8) is 0 Å². The maximum atomic E-state index is 11.8. The number of amides is 2. The van der Waals surface area contributed by atoms with Gasteiger partial charge in [0.25, 0.3) is 11.8 Å². The zero-order chi connectivity index (χ0) is 20.8. The average molecular weight is 397 g/mol. The number of carbonyl (C=O) groups excluding carboxylic acids is 2. The summed E-state index contributed by atoms with van der Waals surface area (Å²) in [5.41, 5.74) is 0.689. The summed E-state index contributed by atoms with van der Waals surface area (Å²) in [6.07, 6.45) is 8.31. The molecule has 1 aromatic heterocycles. The molecule has 0 spiro atoms. The molecule has 0 atom stereocenters. The van der Waals surface area contributed by atoms with Gasteiger partial charge in [0.15, 0.2) is 12.4 Å². The van der Waals surface area contributed by atoms with Gasteiger partial charge in [-0.2, -0.15) is 0 Å². The molecule has 0 saturated heterocycles. The summed E-state index contributed by atoms with van der Waals surface area (Å²) in [7, 11) is 0. The van der Waals surface area contributed by atoms with Crippen LogP contribution in [0.2, 0.25) is 0 Å². The third-order valence-electron chi connectivity index (χ3n) is 4.11. The van der Waals surface area contributed by atoms with Gasteiger partial charge in [0.2, 0.25) is 0 Å². The first-order valence-electron chi connectivity index (χ1n) is 9.02. The molecule has 0 unspecified atom stereocenters. The third-order valence-corrected chi connectivity index (χ3v) is 4.11. The smallest absolute Gasteiger partial charge is 0.283 e. The average Bonchev–Trinajstić information content (AvgIpc) is 2.76. The second-order valence-corrected chi connectivity index (χ2v) is 6.15. The molecule has 2 aromatic carbocycles. The van der Waals surface area contributed by atoms with E-state index in [1.165, 1.54) is 30.9 Å². The monoisotopic (exact) mass is 397 g/mol. The summed E-state index contributed by atoms with van der Waals surface area (Å²) in [4.78, 5) is 44.4. The first-order chi connectivity index (χ1) is 14.7.